The zero-order chi connectivity index (χ0) is 13.1. The van der Waals surface area contributed by atoms with E-state index in [-0.39, 0.29) is 17.2 Å². The summed E-state index contributed by atoms with van der Waals surface area (Å²) in [7, 11) is 0. The van der Waals surface area contributed by atoms with E-state index in [1.54, 1.807) is 24.3 Å². The fourth-order valence-electron chi connectivity index (χ4n) is 1.60. The van der Waals surface area contributed by atoms with Crippen LogP contribution in [0.1, 0.15) is 15.9 Å². The zero-order valence-electron chi connectivity index (χ0n) is 9.77. The molecule has 0 saturated carbocycles. The molecular weight excluding hydrogens is 294 g/mol. The van der Waals surface area contributed by atoms with Gasteiger partial charge in [0, 0.05) is 10.2 Å². The molecule has 0 radical (unpaired) electrons. The van der Waals surface area contributed by atoms with Crippen molar-refractivity contribution in [2.45, 2.75) is 6.92 Å². The Morgan fingerprint density at radius 3 is 2.72 bits per heavy atom. The van der Waals surface area contributed by atoms with Crippen LogP contribution in [0.2, 0.25) is 0 Å². The molecule has 4 heteroatoms. The first-order valence-corrected chi connectivity index (χ1v) is 6.22. The Morgan fingerprint density at radius 1 is 1.22 bits per heavy atom. The SMILES string of the molecule is Cc1ccc(O)c(C(=O)Nc2cccc(Br)c2)c1. The van der Waals surface area contributed by atoms with Gasteiger partial charge in [0.15, 0.2) is 0 Å². The lowest BCUT2D eigenvalue weighted by atomic mass is 10.1. The van der Waals surface area contributed by atoms with E-state index in [1.807, 2.05) is 19.1 Å². The Labute approximate surface area is 114 Å². The van der Waals surface area contributed by atoms with Crippen molar-refractivity contribution in [3.8, 4) is 5.75 Å². The van der Waals surface area contributed by atoms with E-state index in [0.717, 1.165) is 10.0 Å². The number of phenols is 1. The molecule has 1 amide bonds. The summed E-state index contributed by atoms with van der Waals surface area (Å²) >= 11 is 3.33. The third-order valence-corrected chi connectivity index (χ3v) is 2.97. The van der Waals surface area contributed by atoms with Gasteiger partial charge in [0.25, 0.3) is 5.91 Å². The van der Waals surface area contributed by atoms with Gasteiger partial charge in [-0.1, -0.05) is 33.6 Å². The van der Waals surface area contributed by atoms with Gasteiger partial charge in [-0.2, -0.15) is 0 Å². The summed E-state index contributed by atoms with van der Waals surface area (Å²) in [6.07, 6.45) is 0. The van der Waals surface area contributed by atoms with Crippen LogP contribution in [-0.2, 0) is 0 Å². The molecule has 0 saturated heterocycles. The van der Waals surface area contributed by atoms with Crippen LogP contribution in [-0.4, -0.2) is 11.0 Å². The number of aromatic hydroxyl groups is 1. The number of amides is 1. The van der Waals surface area contributed by atoms with E-state index in [0.29, 0.717) is 5.69 Å². The van der Waals surface area contributed by atoms with Crippen molar-refractivity contribution in [2.24, 2.45) is 0 Å². The van der Waals surface area contributed by atoms with Crippen molar-refractivity contribution in [1.82, 2.24) is 0 Å². The van der Waals surface area contributed by atoms with Crippen molar-refractivity contribution in [3.05, 3.63) is 58.1 Å². The maximum Gasteiger partial charge on any atom is 0.259 e. The fraction of sp³-hybridized carbons (Fsp3) is 0.0714. The monoisotopic (exact) mass is 305 g/mol. The van der Waals surface area contributed by atoms with Crippen LogP contribution < -0.4 is 5.32 Å². The minimum Gasteiger partial charge on any atom is -0.507 e. The normalized spacial score (nSPS) is 10.1. The molecule has 2 N–H and O–H groups in total. The number of nitrogens with one attached hydrogen (secondary N) is 1. The molecule has 0 unspecified atom stereocenters. The van der Waals surface area contributed by atoms with Gasteiger partial charge in [0.2, 0.25) is 0 Å². The maximum atomic E-state index is 12.0. The van der Waals surface area contributed by atoms with Crippen molar-refractivity contribution in [2.75, 3.05) is 5.32 Å². The van der Waals surface area contributed by atoms with Gasteiger partial charge in [-0.25, -0.2) is 0 Å². The highest BCUT2D eigenvalue weighted by atomic mass is 79.9. The minimum absolute atomic E-state index is 0.0203. The van der Waals surface area contributed by atoms with Crippen LogP contribution in [0.5, 0.6) is 5.75 Å². The number of carbonyl (C=O) groups is 1. The molecule has 0 aromatic heterocycles. The molecule has 3 nitrogen and oxygen atoms in total. The summed E-state index contributed by atoms with van der Waals surface area (Å²) in [5, 5.41) is 12.4. The Morgan fingerprint density at radius 2 is 2.00 bits per heavy atom. The second kappa shape index (κ2) is 5.23. The van der Waals surface area contributed by atoms with E-state index in [9.17, 15) is 9.90 Å². The lowest BCUT2D eigenvalue weighted by Gasteiger charge is -2.08. The molecule has 0 spiro atoms. The predicted octanol–water partition coefficient (Wildman–Crippen LogP) is 3.72. The second-order valence-corrected chi connectivity index (χ2v) is 4.90. The van der Waals surface area contributed by atoms with Gasteiger partial charge >= 0.3 is 0 Å². The largest absolute Gasteiger partial charge is 0.507 e. The smallest absolute Gasteiger partial charge is 0.259 e. The van der Waals surface area contributed by atoms with Gasteiger partial charge < -0.3 is 10.4 Å². The van der Waals surface area contributed by atoms with Crippen molar-refractivity contribution >= 4 is 27.5 Å². The van der Waals surface area contributed by atoms with Gasteiger partial charge in [-0.15, -0.1) is 0 Å². The first-order chi connectivity index (χ1) is 8.56. The first kappa shape index (κ1) is 12.6. The number of rotatable bonds is 2. The highest BCUT2D eigenvalue weighted by Gasteiger charge is 2.11. The van der Waals surface area contributed by atoms with Crippen LogP contribution in [0.25, 0.3) is 0 Å². The molecule has 0 heterocycles. The number of benzene rings is 2. The molecule has 18 heavy (non-hydrogen) atoms. The van der Waals surface area contributed by atoms with Crippen LogP contribution in [0.4, 0.5) is 5.69 Å². The minimum atomic E-state index is -0.325. The van der Waals surface area contributed by atoms with Crippen LogP contribution in [0, 0.1) is 6.92 Å². The highest BCUT2D eigenvalue weighted by Crippen LogP contribution is 2.21. The fourth-order valence-corrected chi connectivity index (χ4v) is 2.00. The van der Waals surface area contributed by atoms with Crippen molar-refractivity contribution < 1.29 is 9.90 Å². The number of aryl methyl sites for hydroxylation is 1. The molecule has 0 aliphatic carbocycles. The van der Waals surface area contributed by atoms with Crippen molar-refractivity contribution in [3.63, 3.8) is 0 Å². The first-order valence-electron chi connectivity index (χ1n) is 5.43. The lowest BCUT2D eigenvalue weighted by molar-refractivity contribution is 0.102. The number of carbonyl (C=O) groups excluding carboxylic acids is 1. The van der Waals surface area contributed by atoms with E-state index in [2.05, 4.69) is 21.2 Å². The van der Waals surface area contributed by atoms with Crippen molar-refractivity contribution in [1.29, 1.82) is 0 Å². The number of hydrogen-bond donors (Lipinski definition) is 2. The topological polar surface area (TPSA) is 49.3 Å². The quantitative estimate of drug-likeness (QED) is 0.888. The molecule has 92 valence electrons. The third kappa shape index (κ3) is 2.90. The third-order valence-electron chi connectivity index (χ3n) is 2.48. The predicted molar refractivity (Wildman–Crippen MR) is 74.9 cm³/mol. The Bertz CT molecular complexity index is 596. The Kier molecular flexibility index (Phi) is 3.67. The molecule has 2 rings (SSSR count). The number of hydrogen-bond acceptors (Lipinski definition) is 2. The number of phenolic OH excluding ortho intramolecular Hbond substituents is 1. The molecule has 0 fully saturated rings. The summed E-state index contributed by atoms with van der Waals surface area (Å²) in [6, 6.07) is 12.2. The van der Waals surface area contributed by atoms with E-state index < -0.39 is 0 Å². The van der Waals surface area contributed by atoms with E-state index in [1.165, 1.54) is 6.07 Å². The average Bonchev–Trinajstić information content (AvgIpc) is 2.32. The second-order valence-electron chi connectivity index (χ2n) is 3.99. The van der Waals surface area contributed by atoms with Gasteiger partial charge in [0.1, 0.15) is 5.75 Å². The molecule has 0 aliphatic rings. The lowest BCUT2D eigenvalue weighted by Crippen LogP contribution is -2.12. The summed E-state index contributed by atoms with van der Waals surface area (Å²) in [6.45, 7) is 1.87. The average molecular weight is 306 g/mol. The Balaban J connectivity index is 2.24. The summed E-state index contributed by atoms with van der Waals surface area (Å²) in [4.78, 5) is 12.0. The highest BCUT2D eigenvalue weighted by molar-refractivity contribution is 9.10. The van der Waals surface area contributed by atoms with Crippen LogP contribution in [0.15, 0.2) is 46.9 Å². The molecule has 0 aliphatic heterocycles. The summed E-state index contributed by atoms with van der Waals surface area (Å²) in [5.41, 5.74) is 1.87. The number of halogens is 1. The maximum absolute atomic E-state index is 12.0. The zero-order valence-corrected chi connectivity index (χ0v) is 11.4. The van der Waals surface area contributed by atoms with Crippen LogP contribution in [0.3, 0.4) is 0 Å². The van der Waals surface area contributed by atoms with E-state index in [4.69, 9.17) is 0 Å². The van der Waals surface area contributed by atoms with Gasteiger partial charge in [-0.3, -0.25) is 4.79 Å². The number of anilines is 1. The molecule has 2 aromatic rings. The molecular formula is C14H12BrNO2. The molecule has 0 bridgehead atoms. The van der Waals surface area contributed by atoms with Gasteiger partial charge in [-0.05, 0) is 37.3 Å². The molecule has 0 atom stereocenters. The molecule has 2 aromatic carbocycles. The van der Waals surface area contributed by atoms with E-state index >= 15 is 0 Å². The Hall–Kier alpha value is -1.81. The standard InChI is InChI=1S/C14H12BrNO2/c1-9-5-6-13(17)12(7-9)14(18)16-11-4-2-3-10(15)8-11/h2-8,17H,1H3,(H,16,18). The summed E-state index contributed by atoms with van der Waals surface area (Å²) < 4.78 is 0.883. The van der Waals surface area contributed by atoms with Gasteiger partial charge in [0.05, 0.1) is 5.56 Å². The van der Waals surface area contributed by atoms with Crippen LogP contribution >= 0.6 is 15.9 Å². The summed E-state index contributed by atoms with van der Waals surface area (Å²) in [5.74, 6) is -0.345.